The van der Waals surface area contributed by atoms with Crippen LogP contribution >= 0.6 is 11.3 Å². The van der Waals surface area contributed by atoms with Crippen LogP contribution in [0.4, 0.5) is 15.6 Å². The van der Waals surface area contributed by atoms with Crippen molar-refractivity contribution in [3.05, 3.63) is 12.1 Å². The maximum Gasteiger partial charge on any atom is 0.416 e. The van der Waals surface area contributed by atoms with Gasteiger partial charge >= 0.3 is 6.09 Å². The Morgan fingerprint density at radius 1 is 1.24 bits per heavy atom. The van der Waals surface area contributed by atoms with Crippen molar-refractivity contribution in [3.8, 4) is 5.75 Å². The van der Waals surface area contributed by atoms with Crippen LogP contribution in [0.25, 0.3) is 10.2 Å². The van der Waals surface area contributed by atoms with Crippen LogP contribution in [0.2, 0.25) is 0 Å². The van der Waals surface area contributed by atoms with Crippen LogP contribution < -0.4 is 9.64 Å². The van der Waals surface area contributed by atoms with Gasteiger partial charge in [0.25, 0.3) is 0 Å². The molecule has 1 unspecified atom stereocenters. The van der Waals surface area contributed by atoms with Crippen LogP contribution in [0.15, 0.2) is 17.2 Å². The predicted octanol–water partition coefficient (Wildman–Crippen LogP) is 8.34. The van der Waals surface area contributed by atoms with E-state index >= 15 is 0 Å². The van der Waals surface area contributed by atoms with Gasteiger partial charge in [-0.2, -0.15) is 5.11 Å². The minimum Gasteiger partial charge on any atom is -0.491 e. The van der Waals surface area contributed by atoms with Crippen LogP contribution in [-0.2, 0) is 4.74 Å². The highest BCUT2D eigenvalue weighted by atomic mass is 32.1. The standard InChI is InChI=1S/C25H40N4O3S/c1-7-9-10-11-13-29(24(30)31-8-2)23-27-20-15-21(19(28-26)16-22(20)33-23)32-14-12-18(3)17-25(4,5)6/h15-16,18,26H,7-14,17H2,1-6H3. The highest BCUT2D eigenvalue weighted by Gasteiger charge is 2.22. The number of carbonyl (C=O) groups excluding carboxylic acids is 1. The summed E-state index contributed by atoms with van der Waals surface area (Å²) in [5.74, 6) is 1.10. The van der Waals surface area contributed by atoms with Gasteiger partial charge in [0, 0.05) is 12.6 Å². The Kier molecular flexibility index (Phi) is 10.5. The van der Waals surface area contributed by atoms with E-state index in [0.717, 1.165) is 48.7 Å². The van der Waals surface area contributed by atoms with E-state index in [4.69, 9.17) is 20.0 Å². The molecule has 0 saturated carbocycles. The molecule has 0 spiro atoms. The number of nitrogens with zero attached hydrogens (tertiary/aromatic N) is 3. The minimum atomic E-state index is -0.372. The lowest BCUT2D eigenvalue weighted by Crippen LogP contribution is -2.32. The lowest BCUT2D eigenvalue weighted by atomic mass is 9.84. The van der Waals surface area contributed by atoms with Crippen molar-refractivity contribution in [2.24, 2.45) is 16.4 Å². The van der Waals surface area contributed by atoms with Crippen molar-refractivity contribution >= 4 is 38.5 Å². The molecule has 0 saturated heterocycles. The fraction of sp³-hybridized carbons (Fsp3) is 0.680. The molecule has 1 aromatic heterocycles. The Balaban J connectivity index is 2.18. The number of ether oxygens (including phenoxy) is 2. The summed E-state index contributed by atoms with van der Waals surface area (Å²) in [7, 11) is 0. The summed E-state index contributed by atoms with van der Waals surface area (Å²) in [5, 5.41) is 4.27. The molecule has 1 N–H and O–H groups in total. The van der Waals surface area contributed by atoms with Gasteiger partial charge < -0.3 is 9.47 Å². The van der Waals surface area contributed by atoms with Crippen LogP contribution in [0.5, 0.6) is 5.75 Å². The highest BCUT2D eigenvalue weighted by molar-refractivity contribution is 7.22. The maximum atomic E-state index is 12.6. The number of hydrogen-bond acceptors (Lipinski definition) is 7. The second-order valence-electron chi connectivity index (χ2n) is 9.81. The Labute approximate surface area is 202 Å². The molecule has 1 atom stereocenters. The highest BCUT2D eigenvalue weighted by Crippen LogP contribution is 2.38. The number of nitrogens with one attached hydrogen (secondary N) is 1. The molecule has 0 aliphatic heterocycles. The number of rotatable bonds is 13. The van der Waals surface area contributed by atoms with Crippen LogP contribution in [0.3, 0.4) is 0 Å². The van der Waals surface area contributed by atoms with Crippen molar-refractivity contribution in [1.82, 2.24) is 4.98 Å². The summed E-state index contributed by atoms with van der Waals surface area (Å²) in [6.45, 7) is 14.4. The number of thiazole rings is 1. The normalized spacial score (nSPS) is 12.5. The third-order valence-electron chi connectivity index (χ3n) is 5.36. The van der Waals surface area contributed by atoms with Crippen molar-refractivity contribution in [2.75, 3.05) is 24.7 Å². The molecule has 0 radical (unpaired) electrons. The molecule has 1 heterocycles. The van der Waals surface area contributed by atoms with Gasteiger partial charge in [-0.3, -0.25) is 4.90 Å². The lowest BCUT2D eigenvalue weighted by Gasteiger charge is -2.23. The first kappa shape index (κ1) is 27.0. The molecule has 0 aliphatic rings. The van der Waals surface area contributed by atoms with Crippen molar-refractivity contribution in [1.29, 1.82) is 5.53 Å². The van der Waals surface area contributed by atoms with Gasteiger partial charge in [0.2, 0.25) is 0 Å². The van der Waals surface area contributed by atoms with E-state index < -0.39 is 0 Å². The zero-order valence-corrected chi connectivity index (χ0v) is 21.9. The Morgan fingerprint density at radius 2 is 2.00 bits per heavy atom. The molecule has 0 fully saturated rings. The first-order valence-electron chi connectivity index (χ1n) is 12.1. The third-order valence-corrected chi connectivity index (χ3v) is 6.40. The number of unbranched alkanes of at least 4 members (excludes halogenated alkanes) is 3. The summed E-state index contributed by atoms with van der Waals surface area (Å²) in [5.41, 5.74) is 9.09. The van der Waals surface area contributed by atoms with E-state index in [9.17, 15) is 4.79 Å². The first-order chi connectivity index (χ1) is 15.7. The number of fused-ring (bicyclic) bond motifs is 1. The Hall–Kier alpha value is -2.22. The molecule has 7 nitrogen and oxygen atoms in total. The van der Waals surface area contributed by atoms with Gasteiger partial charge in [0.15, 0.2) is 5.13 Å². The molecule has 8 heteroatoms. The summed E-state index contributed by atoms with van der Waals surface area (Å²) in [6.07, 6.45) is 5.92. The topological polar surface area (TPSA) is 87.9 Å². The van der Waals surface area contributed by atoms with E-state index in [1.807, 2.05) is 12.1 Å². The summed E-state index contributed by atoms with van der Waals surface area (Å²) >= 11 is 1.41. The van der Waals surface area contributed by atoms with Crippen molar-refractivity contribution in [2.45, 2.75) is 80.1 Å². The smallest absolute Gasteiger partial charge is 0.416 e. The summed E-state index contributed by atoms with van der Waals surface area (Å²) in [4.78, 5) is 18.9. The second-order valence-corrected chi connectivity index (χ2v) is 10.8. The molecule has 2 aromatic rings. The quantitative estimate of drug-likeness (QED) is 0.232. The summed E-state index contributed by atoms with van der Waals surface area (Å²) in [6, 6.07) is 3.65. The third kappa shape index (κ3) is 8.57. The molecule has 0 bridgehead atoms. The van der Waals surface area contributed by atoms with E-state index in [0.29, 0.717) is 47.7 Å². The molecule has 2 rings (SSSR count). The molecule has 33 heavy (non-hydrogen) atoms. The number of anilines is 1. The van der Waals surface area contributed by atoms with Crippen LogP contribution in [-0.4, -0.2) is 30.8 Å². The molecule has 1 amide bonds. The van der Waals surface area contributed by atoms with E-state index in [1.165, 1.54) is 11.3 Å². The maximum absolute atomic E-state index is 12.6. The average Bonchev–Trinajstić information content (AvgIpc) is 3.14. The molecular formula is C25H40N4O3S. The van der Waals surface area contributed by atoms with E-state index in [2.05, 4.69) is 39.7 Å². The number of hydrogen-bond donors (Lipinski definition) is 1. The number of aromatic nitrogens is 1. The fourth-order valence-corrected chi connectivity index (χ4v) is 4.93. The van der Waals surface area contributed by atoms with Gasteiger partial charge in [0.1, 0.15) is 11.4 Å². The zero-order valence-electron chi connectivity index (χ0n) is 21.1. The van der Waals surface area contributed by atoms with E-state index in [1.54, 1.807) is 11.8 Å². The molecular weight excluding hydrogens is 436 g/mol. The largest absolute Gasteiger partial charge is 0.491 e. The Bertz CT molecular complexity index is 907. The number of benzene rings is 1. The second kappa shape index (κ2) is 12.9. The SMILES string of the molecule is CCCCCCN(C(=O)OCC)c1nc2cc(OCCC(C)CC(C)(C)C)c(N=N)cc2s1. The van der Waals surface area contributed by atoms with Gasteiger partial charge in [-0.25, -0.2) is 15.3 Å². The number of carbonyl (C=O) groups is 1. The molecule has 0 aliphatic carbocycles. The van der Waals surface area contributed by atoms with Crippen molar-refractivity contribution < 1.29 is 14.3 Å². The van der Waals surface area contributed by atoms with E-state index in [-0.39, 0.29) is 6.09 Å². The monoisotopic (exact) mass is 476 g/mol. The average molecular weight is 477 g/mol. The van der Waals surface area contributed by atoms with Crippen LogP contribution in [0.1, 0.15) is 80.1 Å². The first-order valence-corrected chi connectivity index (χ1v) is 12.9. The predicted molar refractivity (Wildman–Crippen MR) is 136 cm³/mol. The Morgan fingerprint density at radius 3 is 2.64 bits per heavy atom. The number of amides is 1. The van der Waals surface area contributed by atoms with Gasteiger partial charge in [-0.05, 0) is 43.6 Å². The lowest BCUT2D eigenvalue weighted by molar-refractivity contribution is 0.159. The molecule has 184 valence electrons. The molecule has 1 aromatic carbocycles. The fourth-order valence-electron chi connectivity index (χ4n) is 3.93. The van der Waals surface area contributed by atoms with Gasteiger partial charge in [-0.15, -0.1) is 0 Å². The van der Waals surface area contributed by atoms with Gasteiger partial charge in [0.05, 0.1) is 23.4 Å². The minimum absolute atomic E-state index is 0.290. The van der Waals surface area contributed by atoms with Crippen molar-refractivity contribution in [3.63, 3.8) is 0 Å². The summed E-state index contributed by atoms with van der Waals surface area (Å²) < 4.78 is 12.2. The van der Waals surface area contributed by atoms with Gasteiger partial charge in [-0.1, -0.05) is 65.2 Å². The zero-order chi connectivity index (χ0) is 24.4. The van der Waals surface area contributed by atoms with Crippen LogP contribution in [0, 0.1) is 16.9 Å².